The molecule has 1 atom stereocenters. The van der Waals surface area contributed by atoms with Crippen molar-refractivity contribution in [3.8, 4) is 0 Å². The second kappa shape index (κ2) is 11.1. The lowest BCUT2D eigenvalue weighted by molar-refractivity contribution is 0.0881. The quantitative estimate of drug-likeness (QED) is 0.541. The second-order valence-corrected chi connectivity index (χ2v) is 9.19. The van der Waals surface area contributed by atoms with E-state index < -0.39 is 14.5 Å². The minimum Gasteiger partial charge on any atom is -0.498 e. The zero-order valence-corrected chi connectivity index (χ0v) is 15.5. The lowest BCUT2D eigenvalue weighted by Gasteiger charge is -2.35. The van der Waals surface area contributed by atoms with Gasteiger partial charge in [0.05, 0.1) is 0 Å². The highest BCUT2D eigenvalue weighted by Gasteiger charge is 2.28. The van der Waals surface area contributed by atoms with Gasteiger partial charge in [-0.3, -0.25) is 0 Å². The third-order valence-electron chi connectivity index (χ3n) is 4.91. The molecule has 118 valence electrons. The van der Waals surface area contributed by atoms with Gasteiger partial charge >= 0.3 is 14.5 Å². The van der Waals surface area contributed by atoms with Crippen LogP contribution in [0.2, 0.25) is 10.6 Å². The summed E-state index contributed by atoms with van der Waals surface area (Å²) in [5.41, 5.74) is 0. The Kier molecular flexibility index (Phi) is 10.2. The molecule has 0 amide bonds. The summed E-state index contributed by atoms with van der Waals surface area (Å²) in [6, 6.07) is 0. The Morgan fingerprint density at radius 2 is 1.60 bits per heavy atom. The molecule has 0 radical (unpaired) electrons. The molecule has 1 heterocycles. The molecule has 1 unspecified atom stereocenters. The van der Waals surface area contributed by atoms with Crippen molar-refractivity contribution in [2.24, 2.45) is 5.92 Å². The van der Waals surface area contributed by atoms with Gasteiger partial charge in [0.25, 0.3) is 0 Å². The smallest absolute Gasteiger partial charge is 0.460 e. The molecule has 1 fully saturated rings. The van der Waals surface area contributed by atoms with Gasteiger partial charge in [-0.1, -0.05) is 57.0 Å². The van der Waals surface area contributed by atoms with Crippen molar-refractivity contribution in [1.29, 1.82) is 0 Å². The zero-order valence-electron chi connectivity index (χ0n) is 14.4. The predicted molar refractivity (Wildman–Crippen MR) is 90.6 cm³/mol. The Bertz CT molecular complexity index is 221. The normalized spacial score (nSPS) is 19.2. The van der Waals surface area contributed by atoms with E-state index in [1.807, 2.05) is 0 Å². The van der Waals surface area contributed by atoms with E-state index in [2.05, 4.69) is 32.6 Å². The van der Waals surface area contributed by atoms with Gasteiger partial charge in [-0.15, -0.1) is 0 Å². The summed E-state index contributed by atoms with van der Waals surface area (Å²) in [6.45, 7) is 13.0. The van der Waals surface area contributed by atoms with E-state index in [9.17, 15) is 0 Å². The Hall–Kier alpha value is 0.452. The Morgan fingerprint density at radius 1 is 1.05 bits per heavy atom. The molecule has 0 aromatic heterocycles. The van der Waals surface area contributed by atoms with Gasteiger partial charge in [-0.05, 0) is 45.3 Å². The summed E-state index contributed by atoms with van der Waals surface area (Å²) in [5, 5.41) is 2.79. The molecule has 1 saturated heterocycles. The van der Waals surface area contributed by atoms with Crippen molar-refractivity contribution >= 4 is 14.5 Å². The van der Waals surface area contributed by atoms with Crippen LogP contribution in [0.15, 0.2) is 0 Å². The van der Waals surface area contributed by atoms with Crippen molar-refractivity contribution < 1.29 is 3.79 Å². The summed E-state index contributed by atoms with van der Waals surface area (Å²) in [4.78, 5) is 2.58. The molecular formula is C17H36AlNO. The maximum absolute atomic E-state index is 6.58. The largest absolute Gasteiger partial charge is 0.498 e. The van der Waals surface area contributed by atoms with Crippen LogP contribution in [0.1, 0.15) is 66.2 Å². The molecule has 0 spiro atoms. The minimum atomic E-state index is -0.934. The second-order valence-electron chi connectivity index (χ2n) is 6.52. The molecule has 1 aliphatic rings. The third kappa shape index (κ3) is 6.94. The molecule has 0 N–H and O–H groups in total. The van der Waals surface area contributed by atoms with E-state index in [1.165, 1.54) is 68.7 Å². The lowest BCUT2D eigenvalue weighted by Crippen LogP contribution is -2.39. The SMILES string of the molecule is CCC[CH2][Al]([CH2]CCC)[O]C(C)C1CCN(CC)CC1. The van der Waals surface area contributed by atoms with Crippen LogP contribution in [0.5, 0.6) is 0 Å². The van der Waals surface area contributed by atoms with Crippen molar-refractivity contribution in [1.82, 2.24) is 4.90 Å². The van der Waals surface area contributed by atoms with Crippen molar-refractivity contribution in [2.45, 2.75) is 82.9 Å². The summed E-state index contributed by atoms with van der Waals surface area (Å²) >= 11 is -0.934. The fraction of sp³-hybridized carbons (Fsp3) is 1.00. The van der Waals surface area contributed by atoms with Crippen LogP contribution >= 0.6 is 0 Å². The van der Waals surface area contributed by atoms with Crippen molar-refractivity contribution in [3.63, 3.8) is 0 Å². The van der Waals surface area contributed by atoms with Gasteiger partial charge in [0, 0.05) is 6.10 Å². The predicted octanol–water partition coefficient (Wildman–Crippen LogP) is 4.72. The first-order valence-electron chi connectivity index (χ1n) is 9.09. The highest BCUT2D eigenvalue weighted by atomic mass is 27.2. The molecule has 1 aliphatic heterocycles. The molecular weight excluding hydrogens is 261 g/mol. The van der Waals surface area contributed by atoms with Gasteiger partial charge in [0.15, 0.2) is 0 Å². The van der Waals surface area contributed by atoms with Crippen LogP contribution in [-0.4, -0.2) is 45.1 Å². The van der Waals surface area contributed by atoms with Crippen LogP contribution in [0.4, 0.5) is 0 Å². The molecule has 1 rings (SSSR count). The Labute approximate surface area is 132 Å². The maximum Gasteiger partial charge on any atom is 0.460 e. The molecule has 2 nitrogen and oxygen atoms in total. The number of nitrogens with zero attached hydrogens (tertiary/aromatic N) is 1. The van der Waals surface area contributed by atoms with Gasteiger partial charge in [-0.25, -0.2) is 0 Å². The Balaban J connectivity index is 2.34. The van der Waals surface area contributed by atoms with Crippen LogP contribution in [-0.2, 0) is 3.79 Å². The van der Waals surface area contributed by atoms with Crippen molar-refractivity contribution in [2.75, 3.05) is 19.6 Å². The highest BCUT2D eigenvalue weighted by molar-refractivity contribution is 6.51. The summed E-state index contributed by atoms with van der Waals surface area (Å²) in [5.74, 6) is 0.816. The molecule has 20 heavy (non-hydrogen) atoms. The average Bonchev–Trinajstić information content (AvgIpc) is 2.49. The van der Waals surface area contributed by atoms with Gasteiger partial charge in [-0.2, -0.15) is 0 Å². The first kappa shape index (κ1) is 18.5. The Morgan fingerprint density at radius 3 is 2.05 bits per heavy atom. The number of rotatable bonds is 10. The van der Waals surface area contributed by atoms with Gasteiger partial charge < -0.3 is 8.69 Å². The number of likely N-dealkylation sites (tertiary alicyclic amines) is 1. The van der Waals surface area contributed by atoms with E-state index in [0.29, 0.717) is 6.10 Å². The number of hydrogen-bond donors (Lipinski definition) is 0. The molecule has 0 aromatic rings. The summed E-state index contributed by atoms with van der Waals surface area (Å²) in [6.07, 6.45) is 8.60. The average molecular weight is 297 g/mol. The third-order valence-corrected chi connectivity index (χ3v) is 7.83. The molecule has 0 aromatic carbocycles. The number of hydrogen-bond acceptors (Lipinski definition) is 2. The number of piperidine rings is 1. The maximum atomic E-state index is 6.58. The van der Waals surface area contributed by atoms with Gasteiger partial charge in [0.2, 0.25) is 0 Å². The minimum absolute atomic E-state index is 0.513. The van der Waals surface area contributed by atoms with Crippen molar-refractivity contribution in [3.05, 3.63) is 0 Å². The van der Waals surface area contributed by atoms with E-state index in [-0.39, 0.29) is 0 Å². The standard InChI is InChI=1S/C9H18NO.2C4H9.Al/c1-3-10-6-4-9(5-7-10)8(2)11;2*1-3-4-2;/h8-9H,3-7H2,1-2H3;2*1,3-4H2,2H3;/q-1;;;+1. The van der Waals surface area contributed by atoms with E-state index in [1.54, 1.807) is 0 Å². The van der Waals surface area contributed by atoms with Crippen LogP contribution in [0.25, 0.3) is 0 Å². The fourth-order valence-corrected chi connectivity index (χ4v) is 6.41. The zero-order chi connectivity index (χ0) is 14.8. The highest BCUT2D eigenvalue weighted by Crippen LogP contribution is 2.24. The lowest BCUT2D eigenvalue weighted by atomic mass is 9.92. The monoisotopic (exact) mass is 297 g/mol. The first-order chi connectivity index (χ1) is 9.71. The van der Waals surface area contributed by atoms with Crippen LogP contribution in [0.3, 0.4) is 0 Å². The van der Waals surface area contributed by atoms with E-state index in [0.717, 1.165) is 5.92 Å². The molecule has 0 aliphatic carbocycles. The summed E-state index contributed by atoms with van der Waals surface area (Å²) in [7, 11) is 0. The topological polar surface area (TPSA) is 12.5 Å². The molecule has 3 heteroatoms. The van der Waals surface area contributed by atoms with E-state index >= 15 is 0 Å². The molecule has 0 bridgehead atoms. The fourth-order valence-electron chi connectivity index (χ4n) is 3.30. The first-order valence-corrected chi connectivity index (χ1v) is 11.2. The van der Waals surface area contributed by atoms with Crippen LogP contribution in [0, 0.1) is 5.92 Å². The van der Waals surface area contributed by atoms with Crippen LogP contribution < -0.4 is 0 Å². The number of unbranched alkanes of at least 4 members (excludes halogenated alkanes) is 2. The van der Waals surface area contributed by atoms with E-state index in [4.69, 9.17) is 3.79 Å². The van der Waals surface area contributed by atoms with Gasteiger partial charge in [0.1, 0.15) is 0 Å². The summed E-state index contributed by atoms with van der Waals surface area (Å²) < 4.78 is 6.58. The molecule has 0 saturated carbocycles.